The second-order valence-corrected chi connectivity index (χ2v) is 6.45. The molecule has 2 aliphatic carbocycles. The fourth-order valence-electron chi connectivity index (χ4n) is 3.87. The summed E-state index contributed by atoms with van der Waals surface area (Å²) in [6, 6.07) is 5.55. The van der Waals surface area contributed by atoms with Crippen LogP contribution in [0.1, 0.15) is 6.42 Å². The van der Waals surface area contributed by atoms with Gasteiger partial charge < -0.3 is 31.3 Å². The number of urea groups is 1. The molecule has 25 heavy (non-hydrogen) atoms. The van der Waals surface area contributed by atoms with Crippen LogP contribution in [0.25, 0.3) is 0 Å². The number of carbonyl (C=O) groups is 3. The summed E-state index contributed by atoms with van der Waals surface area (Å²) >= 11 is 0. The summed E-state index contributed by atoms with van der Waals surface area (Å²) in [7, 11) is 1.50. The van der Waals surface area contributed by atoms with E-state index in [-0.39, 0.29) is 6.42 Å². The highest BCUT2D eigenvalue weighted by atomic mass is 16.5. The number of fused-ring (bicyclic) bond motifs is 1. The minimum atomic E-state index is -1.64. The van der Waals surface area contributed by atoms with Crippen molar-refractivity contribution in [1.29, 1.82) is 0 Å². The molecule has 1 aromatic rings. The summed E-state index contributed by atoms with van der Waals surface area (Å²) in [6.07, 6.45) is -0.00697. The average Bonchev–Trinajstić information content (AvgIpc) is 3.24. The standard InChI is InChI=1S/C16H19N3O6/c1-25-8-4-2-3-7(5-8)18-15(24)19-9-6-16(17,14(22)23)12-10(9)11(12)13(20)21/h2-5,9-12H,6,17H2,1H3,(H,20,21)(H,22,23)(H2,18,19,24)/t9-,10-,11-,12+,16-/m1/s1. The van der Waals surface area contributed by atoms with Gasteiger partial charge in [0.15, 0.2) is 0 Å². The number of anilines is 1. The maximum atomic E-state index is 12.2. The monoisotopic (exact) mass is 349 g/mol. The number of rotatable bonds is 5. The van der Waals surface area contributed by atoms with Crippen LogP contribution in [0.3, 0.4) is 0 Å². The Balaban J connectivity index is 1.69. The topological polar surface area (TPSA) is 151 Å². The van der Waals surface area contributed by atoms with Crippen LogP contribution >= 0.6 is 0 Å². The van der Waals surface area contributed by atoms with Gasteiger partial charge in [-0.3, -0.25) is 9.59 Å². The molecule has 6 N–H and O–H groups in total. The Kier molecular flexibility index (Phi) is 4.03. The van der Waals surface area contributed by atoms with Gasteiger partial charge in [0.2, 0.25) is 0 Å². The van der Waals surface area contributed by atoms with E-state index in [4.69, 9.17) is 10.5 Å². The van der Waals surface area contributed by atoms with E-state index in [0.29, 0.717) is 11.4 Å². The Labute approximate surface area is 143 Å². The quantitative estimate of drug-likeness (QED) is 0.513. The van der Waals surface area contributed by atoms with Gasteiger partial charge in [-0.05, 0) is 24.5 Å². The Morgan fingerprint density at radius 1 is 1.32 bits per heavy atom. The zero-order chi connectivity index (χ0) is 18.4. The number of nitrogens with two attached hydrogens (primary N) is 1. The van der Waals surface area contributed by atoms with Crippen molar-refractivity contribution in [3.8, 4) is 5.75 Å². The Bertz CT molecular complexity index is 738. The number of ether oxygens (including phenoxy) is 1. The first-order valence-electron chi connectivity index (χ1n) is 7.74. The molecule has 2 aliphatic rings. The molecule has 0 bridgehead atoms. The fraction of sp³-hybridized carbons (Fsp3) is 0.438. The van der Waals surface area contributed by atoms with Gasteiger partial charge >= 0.3 is 18.0 Å². The minimum Gasteiger partial charge on any atom is -0.497 e. The number of amides is 2. The van der Waals surface area contributed by atoms with Crippen LogP contribution in [0.5, 0.6) is 5.75 Å². The number of aliphatic carboxylic acids is 2. The summed E-state index contributed by atoms with van der Waals surface area (Å²) in [5.74, 6) is -3.77. The molecule has 0 aromatic heterocycles. The van der Waals surface area contributed by atoms with E-state index in [1.165, 1.54) is 7.11 Å². The number of methoxy groups -OCH3 is 1. The number of hydrogen-bond donors (Lipinski definition) is 5. The molecule has 9 heteroatoms. The SMILES string of the molecule is COc1cccc(NC(=O)N[C@@H]2C[C@](N)(C(=O)O)[C@@H]3[C@H](C(=O)O)[C@H]32)c1. The van der Waals surface area contributed by atoms with E-state index in [2.05, 4.69) is 10.6 Å². The second kappa shape index (κ2) is 5.92. The van der Waals surface area contributed by atoms with Gasteiger partial charge in [0, 0.05) is 23.7 Å². The summed E-state index contributed by atoms with van der Waals surface area (Å²) < 4.78 is 5.07. The molecule has 2 saturated carbocycles. The number of hydrogen-bond acceptors (Lipinski definition) is 5. The maximum absolute atomic E-state index is 12.2. The van der Waals surface area contributed by atoms with E-state index in [1.54, 1.807) is 24.3 Å². The molecule has 0 saturated heterocycles. The summed E-state index contributed by atoms with van der Waals surface area (Å²) in [4.78, 5) is 34.9. The van der Waals surface area contributed by atoms with Crippen molar-refractivity contribution < 1.29 is 29.3 Å². The molecule has 0 radical (unpaired) electrons. The predicted molar refractivity (Wildman–Crippen MR) is 86.2 cm³/mol. The fourth-order valence-corrected chi connectivity index (χ4v) is 3.87. The van der Waals surface area contributed by atoms with Crippen LogP contribution in [0.15, 0.2) is 24.3 Å². The molecule has 0 spiro atoms. The first-order chi connectivity index (χ1) is 11.8. The van der Waals surface area contributed by atoms with E-state index < -0.39 is 47.3 Å². The van der Waals surface area contributed by atoms with Crippen molar-refractivity contribution in [2.24, 2.45) is 23.5 Å². The Morgan fingerprint density at radius 2 is 2.04 bits per heavy atom. The van der Waals surface area contributed by atoms with Gasteiger partial charge in [0.25, 0.3) is 0 Å². The number of carboxylic acids is 2. The smallest absolute Gasteiger partial charge is 0.324 e. The van der Waals surface area contributed by atoms with Crippen molar-refractivity contribution in [1.82, 2.24) is 5.32 Å². The summed E-state index contributed by atoms with van der Waals surface area (Å²) in [5.41, 5.74) is 4.78. The van der Waals surface area contributed by atoms with Crippen molar-refractivity contribution in [2.45, 2.75) is 18.0 Å². The lowest BCUT2D eigenvalue weighted by molar-refractivity contribution is -0.145. The third-order valence-corrected chi connectivity index (χ3v) is 5.02. The number of benzene rings is 1. The minimum absolute atomic E-state index is 0.00697. The lowest BCUT2D eigenvalue weighted by Gasteiger charge is -2.25. The van der Waals surface area contributed by atoms with Crippen molar-refractivity contribution in [3.05, 3.63) is 24.3 Å². The lowest BCUT2D eigenvalue weighted by atomic mass is 9.90. The molecule has 5 atom stereocenters. The highest BCUT2D eigenvalue weighted by Gasteiger charge is 2.74. The highest BCUT2D eigenvalue weighted by molar-refractivity contribution is 5.91. The van der Waals surface area contributed by atoms with Crippen molar-refractivity contribution in [3.63, 3.8) is 0 Å². The molecule has 1 aromatic carbocycles. The number of carboxylic acid groups (broad SMARTS) is 2. The Hall–Kier alpha value is -2.81. The molecule has 2 amide bonds. The van der Waals surface area contributed by atoms with Gasteiger partial charge in [0.05, 0.1) is 13.0 Å². The average molecular weight is 349 g/mol. The number of carbonyl (C=O) groups excluding carboxylic acids is 1. The van der Waals surface area contributed by atoms with Gasteiger partial charge in [-0.25, -0.2) is 4.79 Å². The van der Waals surface area contributed by atoms with Crippen LogP contribution in [0.4, 0.5) is 10.5 Å². The zero-order valence-electron chi connectivity index (χ0n) is 13.4. The normalized spacial score (nSPS) is 32.4. The largest absolute Gasteiger partial charge is 0.497 e. The zero-order valence-corrected chi connectivity index (χ0v) is 13.4. The molecule has 2 fully saturated rings. The first kappa shape index (κ1) is 17.0. The summed E-state index contributed by atoms with van der Waals surface area (Å²) in [5, 5.41) is 23.9. The molecule has 0 unspecified atom stereocenters. The molecule has 134 valence electrons. The van der Waals surface area contributed by atoms with Gasteiger partial charge in [-0.15, -0.1) is 0 Å². The Morgan fingerprint density at radius 3 is 2.64 bits per heavy atom. The van der Waals surface area contributed by atoms with Gasteiger partial charge in [-0.2, -0.15) is 0 Å². The second-order valence-electron chi connectivity index (χ2n) is 6.45. The third-order valence-electron chi connectivity index (χ3n) is 5.02. The predicted octanol–water partition coefficient (Wildman–Crippen LogP) is 0.318. The van der Waals surface area contributed by atoms with Gasteiger partial charge in [0.1, 0.15) is 11.3 Å². The number of nitrogens with one attached hydrogen (secondary N) is 2. The van der Waals surface area contributed by atoms with Gasteiger partial charge in [-0.1, -0.05) is 6.07 Å². The highest BCUT2D eigenvalue weighted by Crippen LogP contribution is 2.61. The van der Waals surface area contributed by atoms with Crippen LogP contribution in [-0.2, 0) is 9.59 Å². The third kappa shape index (κ3) is 2.86. The molecule has 9 nitrogen and oxygen atoms in total. The summed E-state index contributed by atoms with van der Waals surface area (Å²) in [6.45, 7) is 0. The van der Waals surface area contributed by atoms with Crippen molar-refractivity contribution >= 4 is 23.7 Å². The molecular weight excluding hydrogens is 330 g/mol. The lowest BCUT2D eigenvalue weighted by Crippen LogP contribution is -2.52. The van der Waals surface area contributed by atoms with E-state index in [1.807, 2.05) is 0 Å². The van der Waals surface area contributed by atoms with Crippen LogP contribution < -0.4 is 21.1 Å². The van der Waals surface area contributed by atoms with E-state index in [0.717, 1.165) is 0 Å². The molecule has 0 heterocycles. The van der Waals surface area contributed by atoms with E-state index in [9.17, 15) is 24.6 Å². The van der Waals surface area contributed by atoms with Crippen LogP contribution in [0, 0.1) is 17.8 Å². The van der Waals surface area contributed by atoms with Crippen molar-refractivity contribution in [2.75, 3.05) is 12.4 Å². The maximum Gasteiger partial charge on any atom is 0.324 e. The molecule has 3 rings (SSSR count). The molecule has 0 aliphatic heterocycles. The molecular formula is C16H19N3O6. The van der Waals surface area contributed by atoms with Crippen LogP contribution in [-0.4, -0.2) is 46.9 Å². The van der Waals surface area contributed by atoms with Crippen LogP contribution in [0.2, 0.25) is 0 Å². The van der Waals surface area contributed by atoms with E-state index >= 15 is 0 Å². The first-order valence-corrected chi connectivity index (χ1v) is 7.74.